The summed E-state index contributed by atoms with van der Waals surface area (Å²) in [6.07, 6.45) is 10.9. The van der Waals surface area contributed by atoms with Gasteiger partial charge in [0, 0.05) is 18.6 Å². The highest BCUT2D eigenvalue weighted by molar-refractivity contribution is 4.94. The Morgan fingerprint density at radius 1 is 1.39 bits per heavy atom. The third-order valence-corrected chi connectivity index (χ3v) is 4.55. The molecule has 1 aliphatic rings. The van der Waals surface area contributed by atoms with Crippen LogP contribution in [0.1, 0.15) is 50.8 Å². The zero-order chi connectivity index (χ0) is 16.1. The molecule has 2 aromatic heterocycles. The fraction of sp³-hybridized carbons (Fsp3) is 0.733. The van der Waals surface area contributed by atoms with Crippen LogP contribution in [0.4, 0.5) is 0 Å². The Balaban J connectivity index is 1.57. The maximum atomic E-state index is 9.18. The first kappa shape index (κ1) is 16.1. The van der Waals surface area contributed by atoms with Crippen LogP contribution in [0.3, 0.4) is 0 Å². The van der Waals surface area contributed by atoms with Crippen molar-refractivity contribution in [3.63, 3.8) is 0 Å². The molecular formula is C15H25N7O. The van der Waals surface area contributed by atoms with Crippen LogP contribution in [0.2, 0.25) is 0 Å². The van der Waals surface area contributed by atoms with Crippen molar-refractivity contribution >= 4 is 0 Å². The largest absolute Gasteiger partial charge is 0.390 e. The third-order valence-electron chi connectivity index (χ3n) is 4.55. The van der Waals surface area contributed by atoms with Gasteiger partial charge in [0.05, 0.1) is 18.8 Å². The number of aryl methyl sites for hydroxylation is 1. The van der Waals surface area contributed by atoms with E-state index in [9.17, 15) is 5.11 Å². The van der Waals surface area contributed by atoms with Crippen molar-refractivity contribution < 1.29 is 5.11 Å². The smallest absolute Gasteiger partial charge is 0.137 e. The maximum Gasteiger partial charge on any atom is 0.137 e. The molecule has 3 rings (SSSR count). The van der Waals surface area contributed by atoms with Gasteiger partial charge >= 0.3 is 0 Å². The maximum absolute atomic E-state index is 9.18. The number of aromatic nitrogens is 6. The lowest BCUT2D eigenvalue weighted by Gasteiger charge is -2.34. The third kappa shape index (κ3) is 4.14. The van der Waals surface area contributed by atoms with Gasteiger partial charge in [0.1, 0.15) is 18.3 Å². The molecular weight excluding hydrogens is 294 g/mol. The van der Waals surface area contributed by atoms with Gasteiger partial charge in [-0.25, -0.2) is 9.67 Å². The fourth-order valence-corrected chi connectivity index (χ4v) is 3.29. The molecule has 8 heteroatoms. The molecule has 2 heterocycles. The second kappa shape index (κ2) is 7.65. The molecule has 2 N–H and O–H groups in total. The Morgan fingerprint density at radius 2 is 2.26 bits per heavy atom. The molecule has 1 aliphatic carbocycles. The lowest BCUT2D eigenvalue weighted by atomic mass is 9.89. The van der Waals surface area contributed by atoms with Gasteiger partial charge in [-0.05, 0) is 26.2 Å². The molecule has 0 radical (unpaired) electrons. The van der Waals surface area contributed by atoms with Crippen molar-refractivity contribution in [3.05, 3.63) is 24.5 Å². The molecule has 2 aromatic rings. The zero-order valence-electron chi connectivity index (χ0n) is 13.5. The minimum Gasteiger partial charge on any atom is -0.390 e. The monoisotopic (exact) mass is 319 g/mol. The zero-order valence-corrected chi connectivity index (χ0v) is 13.5. The highest BCUT2D eigenvalue weighted by Gasteiger charge is 2.28. The number of hydrogen-bond donors (Lipinski definition) is 2. The normalized spacial score (nSPS) is 23.0. The van der Waals surface area contributed by atoms with Crippen LogP contribution in [-0.2, 0) is 13.2 Å². The van der Waals surface area contributed by atoms with E-state index in [0.29, 0.717) is 23.8 Å². The highest BCUT2D eigenvalue weighted by Crippen LogP contribution is 2.28. The van der Waals surface area contributed by atoms with Gasteiger partial charge in [-0.2, -0.15) is 5.10 Å². The van der Waals surface area contributed by atoms with E-state index in [-0.39, 0.29) is 6.61 Å². The molecule has 1 fully saturated rings. The van der Waals surface area contributed by atoms with E-state index in [1.54, 1.807) is 12.7 Å². The van der Waals surface area contributed by atoms with Crippen molar-refractivity contribution in [2.24, 2.45) is 0 Å². The molecule has 0 amide bonds. The SMILES string of the molecule is CC(CCn1cncn1)N[C@H]1CCCC[C@H]1n1cc(CO)nn1. The summed E-state index contributed by atoms with van der Waals surface area (Å²) in [5.74, 6) is 0. The van der Waals surface area contributed by atoms with Crippen LogP contribution < -0.4 is 5.32 Å². The average Bonchev–Trinajstić information content (AvgIpc) is 3.25. The van der Waals surface area contributed by atoms with Gasteiger partial charge in [0.15, 0.2) is 0 Å². The predicted molar refractivity (Wildman–Crippen MR) is 84.5 cm³/mol. The van der Waals surface area contributed by atoms with Crippen molar-refractivity contribution in [2.75, 3.05) is 0 Å². The summed E-state index contributed by atoms with van der Waals surface area (Å²) < 4.78 is 3.79. The first-order valence-electron chi connectivity index (χ1n) is 8.36. The lowest BCUT2D eigenvalue weighted by molar-refractivity contribution is 0.225. The van der Waals surface area contributed by atoms with Crippen LogP contribution in [0.25, 0.3) is 0 Å². The van der Waals surface area contributed by atoms with E-state index in [4.69, 9.17) is 0 Å². The average molecular weight is 319 g/mol. The summed E-state index contributed by atoms with van der Waals surface area (Å²) in [6, 6.07) is 1.10. The number of aliphatic hydroxyl groups is 1. The molecule has 23 heavy (non-hydrogen) atoms. The number of rotatable bonds is 7. The quantitative estimate of drug-likeness (QED) is 0.788. The van der Waals surface area contributed by atoms with Crippen LogP contribution in [0, 0.1) is 0 Å². The molecule has 0 saturated heterocycles. The molecule has 8 nitrogen and oxygen atoms in total. The van der Waals surface area contributed by atoms with Gasteiger partial charge < -0.3 is 10.4 Å². The molecule has 0 bridgehead atoms. The lowest BCUT2D eigenvalue weighted by Crippen LogP contribution is -2.44. The topological polar surface area (TPSA) is 93.7 Å². The van der Waals surface area contributed by atoms with Crippen LogP contribution >= 0.6 is 0 Å². The Hall–Kier alpha value is -1.80. The number of nitrogens with one attached hydrogen (secondary N) is 1. The minimum atomic E-state index is -0.0564. The minimum absolute atomic E-state index is 0.0564. The number of nitrogens with zero attached hydrogens (tertiary/aromatic N) is 6. The Bertz CT molecular complexity index is 582. The molecule has 1 saturated carbocycles. The molecule has 1 unspecified atom stereocenters. The Morgan fingerprint density at radius 3 is 3.00 bits per heavy atom. The molecule has 0 aliphatic heterocycles. The summed E-state index contributed by atoms with van der Waals surface area (Å²) in [5.41, 5.74) is 0.633. The van der Waals surface area contributed by atoms with Crippen LogP contribution in [0.15, 0.2) is 18.9 Å². The van der Waals surface area contributed by atoms with Gasteiger partial charge in [-0.3, -0.25) is 4.68 Å². The Kier molecular flexibility index (Phi) is 5.35. The van der Waals surface area contributed by atoms with Crippen molar-refractivity contribution in [1.82, 2.24) is 35.1 Å². The van der Waals surface area contributed by atoms with E-state index < -0.39 is 0 Å². The van der Waals surface area contributed by atoms with E-state index in [1.807, 2.05) is 15.6 Å². The second-order valence-corrected chi connectivity index (χ2v) is 6.32. The van der Waals surface area contributed by atoms with Crippen LogP contribution in [-0.4, -0.2) is 46.9 Å². The molecule has 3 atom stereocenters. The number of aliphatic hydroxyl groups excluding tert-OH is 1. The highest BCUT2D eigenvalue weighted by atomic mass is 16.3. The van der Waals surface area contributed by atoms with E-state index in [0.717, 1.165) is 25.8 Å². The summed E-state index contributed by atoms with van der Waals surface area (Å²) in [4.78, 5) is 3.97. The molecule has 0 aromatic carbocycles. The van der Waals surface area contributed by atoms with Gasteiger partial charge in [0.25, 0.3) is 0 Å². The predicted octanol–water partition coefficient (Wildman–Crippen LogP) is 0.914. The van der Waals surface area contributed by atoms with Crippen molar-refractivity contribution in [3.8, 4) is 0 Å². The van der Waals surface area contributed by atoms with Gasteiger partial charge in [0.2, 0.25) is 0 Å². The van der Waals surface area contributed by atoms with Crippen molar-refractivity contribution in [2.45, 2.75) is 70.3 Å². The summed E-state index contributed by atoms with van der Waals surface area (Å²) in [7, 11) is 0. The van der Waals surface area contributed by atoms with E-state index in [1.165, 1.54) is 12.8 Å². The standard InChI is InChI=1S/C15H25N7O/c1-12(6-7-21-11-16-10-17-21)18-14-4-2-3-5-15(14)22-8-13(9-23)19-20-22/h8,10-12,14-15,18,23H,2-7,9H2,1H3/t12?,14-,15+/m0/s1. The van der Waals surface area contributed by atoms with Crippen molar-refractivity contribution in [1.29, 1.82) is 0 Å². The van der Waals surface area contributed by atoms with Gasteiger partial charge in [-0.1, -0.05) is 18.1 Å². The second-order valence-electron chi connectivity index (χ2n) is 6.32. The first-order valence-corrected chi connectivity index (χ1v) is 8.36. The summed E-state index contributed by atoms with van der Waals surface area (Å²) >= 11 is 0. The Labute approximate surface area is 135 Å². The fourth-order valence-electron chi connectivity index (χ4n) is 3.29. The van der Waals surface area contributed by atoms with E-state index in [2.05, 4.69) is 32.6 Å². The summed E-state index contributed by atoms with van der Waals surface area (Å²) in [5, 5.41) is 25.3. The first-order chi connectivity index (χ1) is 11.3. The van der Waals surface area contributed by atoms with E-state index >= 15 is 0 Å². The molecule has 126 valence electrons. The number of hydrogen-bond acceptors (Lipinski definition) is 6. The molecule has 0 spiro atoms. The summed E-state index contributed by atoms with van der Waals surface area (Å²) in [6.45, 7) is 3.02. The van der Waals surface area contributed by atoms with Gasteiger partial charge in [-0.15, -0.1) is 5.10 Å². The van der Waals surface area contributed by atoms with Crippen LogP contribution in [0.5, 0.6) is 0 Å².